The van der Waals surface area contributed by atoms with E-state index < -0.39 is 0 Å². The van der Waals surface area contributed by atoms with Crippen LogP contribution in [0.2, 0.25) is 0 Å². The van der Waals surface area contributed by atoms with Gasteiger partial charge in [0.05, 0.1) is 10.7 Å². The first-order valence-corrected chi connectivity index (χ1v) is 5.77. The highest BCUT2D eigenvalue weighted by Crippen LogP contribution is 2.08. The summed E-state index contributed by atoms with van der Waals surface area (Å²) in [7, 11) is 0. The molecule has 0 aromatic carbocycles. The molecule has 0 aliphatic carbocycles. The van der Waals surface area contributed by atoms with E-state index in [1.54, 1.807) is 29.4 Å². The summed E-state index contributed by atoms with van der Waals surface area (Å²) in [5.74, 6) is 0.321. The molecule has 2 aromatic rings. The molecule has 2 aromatic heterocycles. The lowest BCUT2D eigenvalue weighted by Gasteiger charge is -2.05. The number of aromatic nitrogens is 4. The van der Waals surface area contributed by atoms with Crippen molar-refractivity contribution in [3.8, 4) is 5.82 Å². The normalized spacial score (nSPS) is 10.6. The summed E-state index contributed by atoms with van der Waals surface area (Å²) in [6.45, 7) is 2.72. The van der Waals surface area contributed by atoms with Crippen molar-refractivity contribution in [2.24, 2.45) is 0 Å². The molecular formula is C10H11BrN4O. The van der Waals surface area contributed by atoms with Crippen LogP contribution in [0.15, 0.2) is 34.1 Å². The van der Waals surface area contributed by atoms with Crippen LogP contribution in [0.4, 0.5) is 0 Å². The van der Waals surface area contributed by atoms with Crippen molar-refractivity contribution in [1.82, 2.24) is 19.3 Å². The van der Waals surface area contributed by atoms with Gasteiger partial charge in [-0.1, -0.05) is 6.92 Å². The van der Waals surface area contributed by atoms with Gasteiger partial charge in [-0.05, 0) is 22.4 Å². The van der Waals surface area contributed by atoms with Crippen molar-refractivity contribution < 1.29 is 0 Å². The number of hydrogen-bond acceptors (Lipinski definition) is 3. The molecule has 0 amide bonds. The zero-order chi connectivity index (χ0) is 11.5. The zero-order valence-electron chi connectivity index (χ0n) is 8.80. The van der Waals surface area contributed by atoms with Crippen LogP contribution < -0.4 is 5.56 Å². The van der Waals surface area contributed by atoms with Crippen LogP contribution in [0.3, 0.4) is 0 Å². The lowest BCUT2D eigenvalue weighted by molar-refractivity contribution is 0.636. The van der Waals surface area contributed by atoms with E-state index >= 15 is 0 Å². The van der Waals surface area contributed by atoms with E-state index in [1.807, 2.05) is 6.92 Å². The fourth-order valence-electron chi connectivity index (χ4n) is 1.43. The Balaban J connectivity index is 2.50. The van der Waals surface area contributed by atoms with Gasteiger partial charge < -0.3 is 4.57 Å². The lowest BCUT2D eigenvalue weighted by Crippen LogP contribution is -2.25. The minimum absolute atomic E-state index is 0.125. The van der Waals surface area contributed by atoms with Gasteiger partial charge in [0.15, 0.2) is 0 Å². The third kappa shape index (κ3) is 2.06. The Morgan fingerprint density at radius 2 is 2.31 bits per heavy atom. The summed E-state index contributed by atoms with van der Waals surface area (Å²) in [5.41, 5.74) is -0.125. The predicted molar refractivity (Wildman–Crippen MR) is 63.6 cm³/mol. The highest BCUT2D eigenvalue weighted by atomic mass is 79.9. The molecule has 0 saturated heterocycles. The Morgan fingerprint density at radius 1 is 1.50 bits per heavy atom. The number of halogens is 1. The van der Waals surface area contributed by atoms with Crippen molar-refractivity contribution in [1.29, 1.82) is 0 Å². The monoisotopic (exact) mass is 282 g/mol. The van der Waals surface area contributed by atoms with Crippen LogP contribution in [0.25, 0.3) is 5.82 Å². The smallest absolute Gasteiger partial charge is 0.295 e. The predicted octanol–water partition coefficient (Wildman–Crippen LogP) is 1.60. The molecule has 0 saturated carbocycles. The van der Waals surface area contributed by atoms with Gasteiger partial charge in [0.25, 0.3) is 5.56 Å². The second-order valence-electron chi connectivity index (χ2n) is 3.35. The number of aryl methyl sites for hydroxylation is 1. The van der Waals surface area contributed by atoms with Gasteiger partial charge in [0.1, 0.15) is 0 Å². The van der Waals surface area contributed by atoms with Gasteiger partial charge in [-0.3, -0.25) is 4.79 Å². The van der Waals surface area contributed by atoms with E-state index in [0.29, 0.717) is 12.4 Å². The first kappa shape index (κ1) is 11.1. The maximum absolute atomic E-state index is 12.0. The summed E-state index contributed by atoms with van der Waals surface area (Å²) in [4.78, 5) is 16.0. The van der Waals surface area contributed by atoms with E-state index in [4.69, 9.17) is 0 Å². The van der Waals surface area contributed by atoms with E-state index in [-0.39, 0.29) is 5.56 Å². The Labute approximate surface area is 101 Å². The average Bonchev–Trinajstić information content (AvgIpc) is 2.68. The zero-order valence-corrected chi connectivity index (χ0v) is 10.4. The highest BCUT2D eigenvalue weighted by molar-refractivity contribution is 9.10. The van der Waals surface area contributed by atoms with Crippen molar-refractivity contribution in [3.05, 3.63) is 39.6 Å². The van der Waals surface area contributed by atoms with Crippen molar-refractivity contribution >= 4 is 15.9 Å². The van der Waals surface area contributed by atoms with E-state index in [0.717, 1.165) is 10.9 Å². The third-order valence-corrected chi connectivity index (χ3v) is 2.54. The molecule has 0 aliphatic heterocycles. The maximum atomic E-state index is 12.0. The van der Waals surface area contributed by atoms with E-state index in [9.17, 15) is 4.79 Å². The molecule has 0 unspecified atom stereocenters. The quantitative estimate of drug-likeness (QED) is 0.859. The Morgan fingerprint density at radius 3 is 2.94 bits per heavy atom. The summed E-state index contributed by atoms with van der Waals surface area (Å²) >= 11 is 3.28. The van der Waals surface area contributed by atoms with Crippen molar-refractivity contribution in [2.75, 3.05) is 0 Å². The largest absolute Gasteiger partial charge is 0.311 e. The molecule has 0 radical (unpaired) electrons. The molecule has 84 valence electrons. The highest BCUT2D eigenvalue weighted by Gasteiger charge is 2.07. The Kier molecular flexibility index (Phi) is 3.19. The minimum atomic E-state index is -0.125. The van der Waals surface area contributed by atoms with Crippen molar-refractivity contribution in [3.63, 3.8) is 0 Å². The number of hydrogen-bond donors (Lipinski definition) is 0. The molecule has 0 atom stereocenters. The van der Waals surface area contributed by atoms with Gasteiger partial charge >= 0.3 is 0 Å². The van der Waals surface area contributed by atoms with E-state index in [1.165, 1.54) is 4.68 Å². The van der Waals surface area contributed by atoms with Gasteiger partial charge in [0.2, 0.25) is 5.82 Å². The van der Waals surface area contributed by atoms with Gasteiger partial charge in [0, 0.05) is 25.1 Å². The Hall–Kier alpha value is -1.43. The third-order valence-electron chi connectivity index (χ3n) is 2.13. The first-order valence-electron chi connectivity index (χ1n) is 4.98. The maximum Gasteiger partial charge on any atom is 0.295 e. The second-order valence-corrected chi connectivity index (χ2v) is 4.27. The average molecular weight is 283 g/mol. The van der Waals surface area contributed by atoms with Crippen LogP contribution in [0.1, 0.15) is 13.3 Å². The molecule has 0 spiro atoms. The summed E-state index contributed by atoms with van der Waals surface area (Å²) < 4.78 is 3.93. The molecule has 2 heterocycles. The van der Waals surface area contributed by atoms with Crippen LogP contribution >= 0.6 is 15.9 Å². The molecule has 0 aliphatic rings. The summed E-state index contributed by atoms with van der Waals surface area (Å²) in [6, 6.07) is 0. The molecular weight excluding hydrogens is 272 g/mol. The van der Waals surface area contributed by atoms with Crippen molar-refractivity contribution in [2.45, 2.75) is 19.9 Å². The van der Waals surface area contributed by atoms with Crippen LogP contribution in [-0.2, 0) is 6.54 Å². The molecule has 16 heavy (non-hydrogen) atoms. The van der Waals surface area contributed by atoms with Gasteiger partial charge in [-0.25, -0.2) is 9.67 Å². The summed E-state index contributed by atoms with van der Waals surface area (Å²) in [6.07, 6.45) is 7.54. The topological polar surface area (TPSA) is 52.7 Å². The van der Waals surface area contributed by atoms with E-state index in [2.05, 4.69) is 26.0 Å². The van der Waals surface area contributed by atoms with Gasteiger partial charge in [-0.2, -0.15) is 5.10 Å². The van der Waals surface area contributed by atoms with Crippen LogP contribution in [-0.4, -0.2) is 19.3 Å². The van der Waals surface area contributed by atoms with Gasteiger partial charge in [-0.15, -0.1) is 0 Å². The molecule has 5 nitrogen and oxygen atoms in total. The molecule has 0 bridgehead atoms. The Bertz CT molecular complexity index is 546. The second kappa shape index (κ2) is 4.61. The lowest BCUT2D eigenvalue weighted by atomic mass is 10.4. The molecule has 0 fully saturated rings. The molecule has 6 heteroatoms. The fourth-order valence-corrected chi connectivity index (χ4v) is 1.71. The van der Waals surface area contributed by atoms with Crippen LogP contribution in [0.5, 0.6) is 0 Å². The van der Waals surface area contributed by atoms with Crippen LogP contribution in [0, 0.1) is 0 Å². The SMILES string of the molecule is CCCn1ccnc(-n2cc(Br)cn2)c1=O. The standard InChI is InChI=1S/C10H11BrN4O/c1-2-4-14-5-3-12-9(10(14)16)15-7-8(11)6-13-15/h3,5-7H,2,4H2,1H3. The number of nitrogens with zero attached hydrogens (tertiary/aromatic N) is 4. The minimum Gasteiger partial charge on any atom is -0.311 e. The fraction of sp³-hybridized carbons (Fsp3) is 0.300. The molecule has 2 rings (SSSR count). The first-order chi connectivity index (χ1) is 7.72. The molecule has 0 N–H and O–H groups in total. The summed E-state index contributed by atoms with van der Waals surface area (Å²) in [5, 5.41) is 4.04. The number of rotatable bonds is 3.